The van der Waals surface area contributed by atoms with Crippen molar-refractivity contribution in [3.63, 3.8) is 0 Å². The summed E-state index contributed by atoms with van der Waals surface area (Å²) in [5.41, 5.74) is 3.56. The fourth-order valence-electron chi connectivity index (χ4n) is 3.98. The molecule has 3 aromatic carbocycles. The van der Waals surface area contributed by atoms with Crippen LogP contribution in [0.3, 0.4) is 0 Å². The van der Waals surface area contributed by atoms with Crippen LogP contribution in [0.4, 0.5) is 5.82 Å². The van der Waals surface area contributed by atoms with Crippen molar-refractivity contribution < 1.29 is 0 Å². The van der Waals surface area contributed by atoms with Crippen molar-refractivity contribution in [2.24, 2.45) is 0 Å². The molecule has 5 nitrogen and oxygen atoms in total. The van der Waals surface area contributed by atoms with Gasteiger partial charge in [-0.3, -0.25) is 4.90 Å². The Morgan fingerprint density at radius 1 is 0.697 bits per heavy atom. The Morgan fingerprint density at radius 3 is 1.94 bits per heavy atom. The first kappa shape index (κ1) is 22.9. The molecule has 0 saturated carbocycles. The minimum Gasteiger partial charge on any atom is -0.369 e. The average molecular weight is 440 g/mol. The van der Waals surface area contributed by atoms with Crippen LogP contribution in [0.25, 0.3) is 10.9 Å². The number of anilines is 1. The molecule has 0 aliphatic heterocycles. The Hall–Kier alpha value is -3.28. The van der Waals surface area contributed by atoms with Gasteiger partial charge in [0.25, 0.3) is 0 Å². The largest absolute Gasteiger partial charge is 0.369 e. The molecule has 1 heterocycles. The molecule has 0 atom stereocenters. The van der Waals surface area contributed by atoms with E-state index >= 15 is 0 Å². The molecular weight excluding hydrogens is 406 g/mol. The van der Waals surface area contributed by atoms with Gasteiger partial charge in [-0.1, -0.05) is 72.8 Å². The molecule has 4 rings (SSSR count). The van der Waals surface area contributed by atoms with Crippen LogP contribution < -0.4 is 5.32 Å². The van der Waals surface area contributed by atoms with Gasteiger partial charge in [0.05, 0.1) is 12.1 Å². The van der Waals surface area contributed by atoms with E-state index in [1.54, 1.807) is 0 Å². The molecule has 0 spiro atoms. The molecule has 0 unspecified atom stereocenters. The Bertz CT molecular complexity index is 1090. The molecule has 0 saturated heterocycles. The summed E-state index contributed by atoms with van der Waals surface area (Å²) in [6, 6.07) is 29.5. The number of hydrogen-bond donors (Lipinski definition) is 1. The minimum absolute atomic E-state index is 0.682. The second-order valence-electron chi connectivity index (χ2n) is 8.71. The molecule has 4 aromatic rings. The lowest BCUT2D eigenvalue weighted by Gasteiger charge is -2.22. The van der Waals surface area contributed by atoms with Crippen molar-refractivity contribution in [1.29, 1.82) is 0 Å². The van der Waals surface area contributed by atoms with Gasteiger partial charge in [-0.15, -0.1) is 0 Å². The topological polar surface area (TPSA) is 44.3 Å². The smallest absolute Gasteiger partial charge is 0.145 e. The zero-order valence-electron chi connectivity index (χ0n) is 19.6. The first-order valence-corrected chi connectivity index (χ1v) is 11.6. The van der Waals surface area contributed by atoms with Gasteiger partial charge >= 0.3 is 0 Å². The second-order valence-corrected chi connectivity index (χ2v) is 8.71. The minimum atomic E-state index is 0.682. The Labute approximate surface area is 197 Å². The average Bonchev–Trinajstić information content (AvgIpc) is 2.83. The summed E-state index contributed by atoms with van der Waals surface area (Å²) in [6.45, 7) is 4.30. The first-order valence-electron chi connectivity index (χ1n) is 11.6. The van der Waals surface area contributed by atoms with Gasteiger partial charge in [0.2, 0.25) is 0 Å². The summed E-state index contributed by atoms with van der Waals surface area (Å²) < 4.78 is 0. The molecule has 5 heteroatoms. The lowest BCUT2D eigenvalue weighted by Crippen LogP contribution is -2.24. The van der Waals surface area contributed by atoms with Crippen LogP contribution in [0.2, 0.25) is 0 Å². The van der Waals surface area contributed by atoms with Crippen LogP contribution in [0.1, 0.15) is 23.4 Å². The third kappa shape index (κ3) is 6.85. The third-order valence-electron chi connectivity index (χ3n) is 5.59. The number of nitrogens with one attached hydrogen (secondary N) is 1. The second kappa shape index (κ2) is 11.5. The molecule has 0 bridgehead atoms. The number of para-hydroxylation sites is 1. The number of nitrogens with zero attached hydrogens (tertiary/aromatic N) is 4. The van der Waals surface area contributed by atoms with Gasteiger partial charge in [-0.25, -0.2) is 9.97 Å². The van der Waals surface area contributed by atoms with Crippen molar-refractivity contribution in [1.82, 2.24) is 19.8 Å². The zero-order valence-corrected chi connectivity index (χ0v) is 19.6. The number of hydrogen-bond acceptors (Lipinski definition) is 5. The molecule has 170 valence electrons. The fraction of sp³-hybridized carbons (Fsp3) is 0.286. The number of benzene rings is 3. The maximum Gasteiger partial charge on any atom is 0.145 e. The van der Waals surface area contributed by atoms with Crippen LogP contribution in [0.5, 0.6) is 0 Å². The Kier molecular flexibility index (Phi) is 8.01. The molecule has 0 aliphatic rings. The van der Waals surface area contributed by atoms with Crippen molar-refractivity contribution in [3.8, 4) is 0 Å². The van der Waals surface area contributed by atoms with Gasteiger partial charge in [-0.05, 0) is 50.3 Å². The van der Waals surface area contributed by atoms with Crippen molar-refractivity contribution in [2.45, 2.75) is 26.1 Å². The summed E-state index contributed by atoms with van der Waals surface area (Å²) >= 11 is 0. The lowest BCUT2D eigenvalue weighted by atomic mass is 10.1. The molecule has 1 aromatic heterocycles. The fourth-order valence-corrected chi connectivity index (χ4v) is 3.98. The molecule has 33 heavy (non-hydrogen) atoms. The van der Waals surface area contributed by atoms with E-state index in [0.29, 0.717) is 6.54 Å². The number of aromatic nitrogens is 2. The van der Waals surface area contributed by atoms with Crippen LogP contribution >= 0.6 is 0 Å². The molecule has 1 N–H and O–H groups in total. The van der Waals surface area contributed by atoms with E-state index in [1.165, 1.54) is 11.1 Å². The van der Waals surface area contributed by atoms with Gasteiger partial charge in [0.1, 0.15) is 11.6 Å². The van der Waals surface area contributed by atoms with E-state index in [0.717, 1.165) is 55.1 Å². The van der Waals surface area contributed by atoms with E-state index < -0.39 is 0 Å². The third-order valence-corrected chi connectivity index (χ3v) is 5.59. The highest BCUT2D eigenvalue weighted by atomic mass is 15.2. The maximum atomic E-state index is 4.96. The highest BCUT2D eigenvalue weighted by molar-refractivity contribution is 5.88. The summed E-state index contributed by atoms with van der Waals surface area (Å²) in [6.07, 6.45) is 1.06. The highest BCUT2D eigenvalue weighted by Crippen LogP contribution is 2.21. The van der Waals surface area contributed by atoms with E-state index in [1.807, 2.05) is 12.1 Å². The van der Waals surface area contributed by atoms with E-state index in [4.69, 9.17) is 9.97 Å². The lowest BCUT2D eigenvalue weighted by molar-refractivity contribution is 0.241. The normalized spacial score (nSPS) is 11.4. The Morgan fingerprint density at radius 2 is 1.30 bits per heavy atom. The highest BCUT2D eigenvalue weighted by Gasteiger charge is 2.13. The molecular formula is C28H33N5. The maximum absolute atomic E-state index is 4.96. The van der Waals surface area contributed by atoms with Crippen molar-refractivity contribution in [2.75, 3.05) is 32.5 Å². The summed E-state index contributed by atoms with van der Waals surface area (Å²) in [7, 11) is 4.21. The van der Waals surface area contributed by atoms with Crippen LogP contribution in [0, 0.1) is 0 Å². The van der Waals surface area contributed by atoms with E-state index in [9.17, 15) is 0 Å². The van der Waals surface area contributed by atoms with Gasteiger partial charge in [-0.2, -0.15) is 0 Å². The summed E-state index contributed by atoms with van der Waals surface area (Å²) in [5, 5.41) is 4.63. The summed E-state index contributed by atoms with van der Waals surface area (Å²) in [5.74, 6) is 1.77. The van der Waals surface area contributed by atoms with Gasteiger partial charge < -0.3 is 10.2 Å². The van der Waals surface area contributed by atoms with Crippen LogP contribution in [-0.2, 0) is 19.6 Å². The van der Waals surface area contributed by atoms with E-state index in [-0.39, 0.29) is 0 Å². The molecule has 0 fully saturated rings. The van der Waals surface area contributed by atoms with Crippen molar-refractivity contribution in [3.05, 3.63) is 102 Å². The predicted molar refractivity (Wildman–Crippen MR) is 137 cm³/mol. The van der Waals surface area contributed by atoms with Crippen molar-refractivity contribution >= 4 is 16.7 Å². The van der Waals surface area contributed by atoms with E-state index in [2.05, 4.69) is 102 Å². The SMILES string of the molecule is CN(C)CCCNc1nc(CN(Cc2ccccc2)Cc2ccccc2)nc2ccccc12. The summed E-state index contributed by atoms with van der Waals surface area (Å²) in [4.78, 5) is 14.5. The molecule has 0 radical (unpaired) electrons. The molecule has 0 aliphatic carbocycles. The standard InChI is InChI=1S/C28H33N5/c1-32(2)19-11-18-29-28-25-16-9-10-17-26(25)30-27(31-28)22-33(20-23-12-5-3-6-13-23)21-24-14-7-4-8-15-24/h3-10,12-17H,11,18-22H2,1-2H3,(H,29,30,31). The first-order chi connectivity index (χ1) is 16.2. The number of rotatable bonds is 11. The monoisotopic (exact) mass is 439 g/mol. The Balaban J connectivity index is 1.57. The zero-order chi connectivity index (χ0) is 22.9. The quantitative estimate of drug-likeness (QED) is 0.326. The van der Waals surface area contributed by atoms with Gasteiger partial charge in [0, 0.05) is 25.0 Å². The molecule has 0 amide bonds. The number of fused-ring (bicyclic) bond motifs is 1. The van der Waals surface area contributed by atoms with Gasteiger partial charge in [0.15, 0.2) is 0 Å². The van der Waals surface area contributed by atoms with Crippen LogP contribution in [0.15, 0.2) is 84.9 Å². The van der Waals surface area contributed by atoms with Crippen LogP contribution in [-0.4, -0.2) is 47.0 Å². The predicted octanol–water partition coefficient (Wildman–Crippen LogP) is 5.20.